The van der Waals surface area contributed by atoms with Crippen LogP contribution in [0.15, 0.2) is 36.0 Å². The fraction of sp³-hybridized carbons (Fsp3) is 0.690. The molecule has 1 saturated carbocycles. The summed E-state index contributed by atoms with van der Waals surface area (Å²) in [6.07, 6.45) is 3.89. The third-order valence-electron chi connectivity index (χ3n) is 8.87. The molecule has 0 aromatic carbocycles. The molecule has 1 heterocycles. The first-order valence-corrected chi connectivity index (χ1v) is 13.2. The molecule has 0 radical (unpaired) electrons. The Kier molecular flexibility index (Phi) is 8.75. The highest BCUT2D eigenvalue weighted by Gasteiger charge is 2.71. The third kappa shape index (κ3) is 5.28. The smallest absolute Gasteiger partial charge is 0.309 e. The van der Waals surface area contributed by atoms with Gasteiger partial charge in [0.15, 0.2) is 0 Å². The maximum absolute atomic E-state index is 12.8. The van der Waals surface area contributed by atoms with Crippen LogP contribution in [0.2, 0.25) is 0 Å². The van der Waals surface area contributed by atoms with E-state index in [1.54, 1.807) is 12.2 Å². The number of ether oxygens (including phenoxy) is 4. The van der Waals surface area contributed by atoms with Crippen LogP contribution in [-0.2, 0) is 33.3 Å². The zero-order valence-corrected chi connectivity index (χ0v) is 23.1. The van der Waals surface area contributed by atoms with Crippen LogP contribution in [0.3, 0.4) is 0 Å². The molecule has 3 aliphatic rings. The van der Waals surface area contributed by atoms with Crippen molar-refractivity contribution in [2.75, 3.05) is 0 Å². The lowest BCUT2D eigenvalue weighted by Gasteiger charge is -2.60. The van der Waals surface area contributed by atoms with Crippen LogP contribution in [0.5, 0.6) is 0 Å². The second kappa shape index (κ2) is 11.1. The standard InChI is InChI=1S/C29H42O8/c1-9-16(3)11-12-28(8)18(5)13-24(32)29-22(26(34-19(6)30)37-27(29)35-20(7)31)14-21(15-23(28)29)36-25(33)17(4)10-2/h9,11,14,17-18,21,23-24,26-27,32H,1,10,12-13,15H2,2-8H3/b16-11-/t17?,18-,21-,23+,24+,26+,27-,28-,29-/m1/s1. The number of carbonyl (C=O) groups excluding carboxylic acids is 3. The molecule has 1 aliphatic heterocycles. The van der Waals surface area contributed by atoms with E-state index in [1.165, 1.54) is 13.8 Å². The first kappa shape index (κ1) is 29.1. The molecule has 1 unspecified atom stereocenters. The van der Waals surface area contributed by atoms with Crippen molar-refractivity contribution in [1.29, 1.82) is 0 Å². The van der Waals surface area contributed by atoms with Crippen molar-refractivity contribution in [3.8, 4) is 0 Å². The molecule has 1 saturated heterocycles. The Morgan fingerprint density at radius 2 is 1.84 bits per heavy atom. The Hall–Kier alpha value is -2.45. The largest absolute Gasteiger partial charge is 0.458 e. The van der Waals surface area contributed by atoms with E-state index in [0.29, 0.717) is 31.3 Å². The highest BCUT2D eigenvalue weighted by atomic mass is 16.8. The van der Waals surface area contributed by atoms with Gasteiger partial charge in [0.1, 0.15) is 6.10 Å². The number of hydrogen-bond donors (Lipinski definition) is 1. The lowest BCUT2D eigenvalue weighted by molar-refractivity contribution is -0.254. The Bertz CT molecular complexity index is 982. The minimum atomic E-state index is -1.17. The van der Waals surface area contributed by atoms with E-state index in [4.69, 9.17) is 18.9 Å². The molecule has 8 nitrogen and oxygen atoms in total. The summed E-state index contributed by atoms with van der Waals surface area (Å²) in [5, 5.41) is 11.7. The normalized spacial score (nSPS) is 37.9. The van der Waals surface area contributed by atoms with Crippen LogP contribution in [0.1, 0.15) is 74.1 Å². The lowest BCUT2D eigenvalue weighted by Crippen LogP contribution is -2.63. The van der Waals surface area contributed by atoms with Gasteiger partial charge < -0.3 is 19.3 Å². The number of esters is 3. The number of carbonyl (C=O) groups is 3. The molecule has 2 fully saturated rings. The third-order valence-corrected chi connectivity index (χ3v) is 8.87. The summed E-state index contributed by atoms with van der Waals surface area (Å²) in [7, 11) is 0. The minimum Gasteiger partial charge on any atom is -0.458 e. The Morgan fingerprint density at radius 1 is 1.19 bits per heavy atom. The van der Waals surface area contributed by atoms with Crippen molar-refractivity contribution in [2.24, 2.45) is 28.6 Å². The summed E-state index contributed by atoms with van der Waals surface area (Å²) < 4.78 is 23.2. The molecule has 3 rings (SSSR count). The van der Waals surface area contributed by atoms with Crippen LogP contribution in [0.25, 0.3) is 0 Å². The molecule has 1 N–H and O–H groups in total. The van der Waals surface area contributed by atoms with Crippen molar-refractivity contribution in [1.82, 2.24) is 0 Å². The quantitative estimate of drug-likeness (QED) is 0.215. The molecule has 1 spiro atoms. The molecule has 9 atom stereocenters. The van der Waals surface area contributed by atoms with Crippen molar-refractivity contribution in [2.45, 2.75) is 98.9 Å². The summed E-state index contributed by atoms with van der Waals surface area (Å²) in [4.78, 5) is 37.0. The zero-order chi connectivity index (χ0) is 27.7. The molecule has 0 bridgehead atoms. The number of aliphatic hydroxyl groups excluding tert-OH is 1. The first-order valence-electron chi connectivity index (χ1n) is 13.2. The predicted octanol–water partition coefficient (Wildman–Crippen LogP) is 4.62. The number of hydrogen-bond acceptors (Lipinski definition) is 8. The zero-order valence-electron chi connectivity index (χ0n) is 23.1. The first-order chi connectivity index (χ1) is 17.3. The van der Waals surface area contributed by atoms with Gasteiger partial charge in [0.2, 0.25) is 12.6 Å². The maximum atomic E-state index is 12.8. The average Bonchev–Trinajstić information content (AvgIpc) is 3.12. The Labute approximate surface area is 220 Å². The van der Waals surface area contributed by atoms with Crippen LogP contribution in [-0.4, -0.2) is 47.8 Å². The van der Waals surface area contributed by atoms with Crippen LogP contribution in [0, 0.1) is 28.6 Å². The van der Waals surface area contributed by atoms with Gasteiger partial charge in [-0.2, -0.15) is 0 Å². The highest BCUT2D eigenvalue weighted by Crippen LogP contribution is 2.67. The fourth-order valence-corrected chi connectivity index (χ4v) is 6.30. The van der Waals surface area contributed by atoms with E-state index in [0.717, 1.165) is 5.57 Å². The molecule has 0 aromatic heterocycles. The molecule has 2 aliphatic carbocycles. The van der Waals surface area contributed by atoms with E-state index in [-0.39, 0.29) is 23.7 Å². The maximum Gasteiger partial charge on any atom is 0.309 e. The van der Waals surface area contributed by atoms with E-state index in [9.17, 15) is 19.5 Å². The van der Waals surface area contributed by atoms with Gasteiger partial charge in [-0.25, -0.2) is 0 Å². The molecule has 37 heavy (non-hydrogen) atoms. The monoisotopic (exact) mass is 518 g/mol. The van der Waals surface area contributed by atoms with Gasteiger partial charge in [-0.3, -0.25) is 19.1 Å². The van der Waals surface area contributed by atoms with Crippen molar-refractivity contribution < 1.29 is 38.4 Å². The molecule has 206 valence electrons. The van der Waals surface area contributed by atoms with Crippen LogP contribution >= 0.6 is 0 Å². The SMILES string of the molecule is C=C/C(C)=C\C[C@]1(C)[C@H](C)C[C@H](O)[C@@]23C(=C[C@@H](OC(=O)C(C)CC)C[C@@H]12)[C@@H](OC(C)=O)O[C@H]3OC(C)=O. The van der Waals surface area contributed by atoms with Gasteiger partial charge in [-0.1, -0.05) is 52.0 Å². The number of aliphatic hydroxyl groups is 1. The average molecular weight is 519 g/mol. The topological polar surface area (TPSA) is 108 Å². The van der Waals surface area contributed by atoms with Gasteiger partial charge in [0, 0.05) is 19.4 Å². The van der Waals surface area contributed by atoms with E-state index < -0.39 is 47.6 Å². The number of rotatable bonds is 8. The van der Waals surface area contributed by atoms with E-state index in [1.807, 2.05) is 20.8 Å². The van der Waals surface area contributed by atoms with Crippen LogP contribution < -0.4 is 0 Å². The molecular weight excluding hydrogens is 476 g/mol. The Balaban J connectivity index is 2.21. The molecule has 8 heteroatoms. The summed E-state index contributed by atoms with van der Waals surface area (Å²) in [6, 6.07) is 0. The van der Waals surface area contributed by atoms with Gasteiger partial charge in [-0.15, -0.1) is 0 Å². The van der Waals surface area contributed by atoms with E-state index in [2.05, 4.69) is 26.5 Å². The van der Waals surface area contributed by atoms with Gasteiger partial charge in [-0.05, 0) is 55.9 Å². The minimum absolute atomic E-state index is 0.0722. The lowest BCUT2D eigenvalue weighted by atomic mass is 9.45. The second-order valence-electron chi connectivity index (χ2n) is 11.2. The Morgan fingerprint density at radius 3 is 2.41 bits per heavy atom. The second-order valence-corrected chi connectivity index (χ2v) is 11.2. The number of allylic oxidation sites excluding steroid dienone is 3. The fourth-order valence-electron chi connectivity index (χ4n) is 6.30. The van der Waals surface area contributed by atoms with Gasteiger partial charge in [0.05, 0.1) is 17.4 Å². The van der Waals surface area contributed by atoms with Crippen molar-refractivity contribution in [3.05, 3.63) is 36.0 Å². The van der Waals surface area contributed by atoms with Crippen LogP contribution in [0.4, 0.5) is 0 Å². The summed E-state index contributed by atoms with van der Waals surface area (Å²) in [5.41, 5.74) is -0.0572. The summed E-state index contributed by atoms with van der Waals surface area (Å²) in [5.74, 6) is -1.99. The summed E-state index contributed by atoms with van der Waals surface area (Å²) >= 11 is 0. The predicted molar refractivity (Wildman–Crippen MR) is 137 cm³/mol. The molecule has 0 amide bonds. The van der Waals surface area contributed by atoms with Crippen molar-refractivity contribution >= 4 is 17.9 Å². The summed E-state index contributed by atoms with van der Waals surface area (Å²) in [6.45, 7) is 16.4. The molecular formula is C29H42O8. The van der Waals surface area contributed by atoms with Gasteiger partial charge in [0.25, 0.3) is 0 Å². The van der Waals surface area contributed by atoms with E-state index >= 15 is 0 Å². The molecule has 0 aromatic rings. The van der Waals surface area contributed by atoms with Crippen molar-refractivity contribution in [3.63, 3.8) is 0 Å². The highest BCUT2D eigenvalue weighted by molar-refractivity contribution is 5.72. The van der Waals surface area contributed by atoms with Gasteiger partial charge >= 0.3 is 17.9 Å².